The molecule has 1 atom stereocenters. The lowest BCUT2D eigenvalue weighted by Crippen LogP contribution is -2.35. The van der Waals surface area contributed by atoms with Gasteiger partial charge < -0.3 is 5.32 Å². The molecule has 1 aliphatic heterocycles. The number of nitrogens with zero attached hydrogens (tertiary/aromatic N) is 3. The van der Waals surface area contributed by atoms with Crippen LogP contribution in [0.25, 0.3) is 0 Å². The van der Waals surface area contributed by atoms with E-state index in [0.29, 0.717) is 13.0 Å². The molecule has 2 rings (SSSR count). The molecule has 0 amide bonds. The van der Waals surface area contributed by atoms with E-state index in [9.17, 15) is 23.3 Å². The van der Waals surface area contributed by atoms with Gasteiger partial charge in [-0.15, -0.1) is 0 Å². The van der Waals surface area contributed by atoms with E-state index < -0.39 is 20.5 Å². The second kappa shape index (κ2) is 5.67. The first kappa shape index (κ1) is 14.6. The largest absolute Gasteiger partial charge is 0.348 e. The molecule has 0 spiro atoms. The molecule has 20 heavy (non-hydrogen) atoms. The first-order chi connectivity index (χ1) is 9.37. The van der Waals surface area contributed by atoms with Gasteiger partial charge in [-0.3, -0.25) is 14.7 Å². The van der Waals surface area contributed by atoms with Crippen LogP contribution >= 0.6 is 0 Å². The highest BCUT2D eigenvalue weighted by molar-refractivity contribution is 7.91. The summed E-state index contributed by atoms with van der Waals surface area (Å²) in [5, 5.41) is 13.6. The molecule has 0 radical (unpaired) electrons. The average molecular weight is 302 g/mol. The first-order valence-corrected chi connectivity index (χ1v) is 7.84. The molecule has 1 fully saturated rings. The summed E-state index contributed by atoms with van der Waals surface area (Å²) in [6, 6.07) is -0.123. The van der Waals surface area contributed by atoms with Crippen molar-refractivity contribution in [3.8, 4) is 0 Å². The fourth-order valence-electron chi connectivity index (χ4n) is 2.04. The Balaban J connectivity index is 1.93. The molecule has 1 N–H and O–H groups in total. The summed E-state index contributed by atoms with van der Waals surface area (Å²) in [5.74, 6) is 0.262. The van der Waals surface area contributed by atoms with Crippen LogP contribution in [0.4, 0.5) is 5.69 Å². The van der Waals surface area contributed by atoms with E-state index in [1.165, 1.54) is 0 Å². The second-order valence-corrected chi connectivity index (χ2v) is 6.83. The third-order valence-corrected chi connectivity index (χ3v) is 4.84. The van der Waals surface area contributed by atoms with E-state index >= 15 is 0 Å². The van der Waals surface area contributed by atoms with Crippen molar-refractivity contribution in [3.63, 3.8) is 0 Å². The molecule has 0 aliphatic carbocycles. The maximum Gasteiger partial charge on any atom is 0.348 e. The molecule has 1 aromatic rings. The molecule has 0 bridgehead atoms. The van der Waals surface area contributed by atoms with Crippen molar-refractivity contribution in [1.29, 1.82) is 0 Å². The Kier molecular flexibility index (Phi) is 4.14. The van der Waals surface area contributed by atoms with Gasteiger partial charge in [0.2, 0.25) is 0 Å². The first-order valence-electron chi connectivity index (χ1n) is 6.02. The Bertz CT molecular complexity index is 668. The molecule has 1 aliphatic rings. The fraction of sp³-hybridized carbons (Fsp3) is 0.600. The van der Waals surface area contributed by atoms with Gasteiger partial charge in [0.1, 0.15) is 6.20 Å². The minimum atomic E-state index is -2.95. The van der Waals surface area contributed by atoms with Gasteiger partial charge in [-0.05, 0) is 6.42 Å². The van der Waals surface area contributed by atoms with Crippen molar-refractivity contribution in [1.82, 2.24) is 14.9 Å². The second-order valence-electron chi connectivity index (χ2n) is 4.60. The minimum absolute atomic E-state index is 0.0923. The molecule has 1 aromatic heterocycles. The van der Waals surface area contributed by atoms with E-state index in [2.05, 4.69) is 10.3 Å². The predicted octanol–water partition coefficient (Wildman–Crippen LogP) is -1.07. The number of sulfone groups is 1. The summed E-state index contributed by atoms with van der Waals surface area (Å²) >= 11 is 0. The Hall–Kier alpha value is -1.81. The Morgan fingerprint density at radius 3 is 2.90 bits per heavy atom. The number of hydrogen-bond donors (Lipinski definition) is 1. The third kappa shape index (κ3) is 3.61. The van der Waals surface area contributed by atoms with Crippen molar-refractivity contribution < 1.29 is 13.3 Å². The summed E-state index contributed by atoms with van der Waals surface area (Å²) < 4.78 is 23.7. The van der Waals surface area contributed by atoms with Crippen LogP contribution < -0.4 is 11.0 Å². The van der Waals surface area contributed by atoms with Gasteiger partial charge in [0.15, 0.2) is 9.84 Å². The monoisotopic (exact) mass is 302 g/mol. The SMILES string of the molecule is O=c1ncc([N+](=O)[O-])cn1CCNC1CCS(=O)(=O)C1. The van der Waals surface area contributed by atoms with E-state index in [-0.39, 0.29) is 29.8 Å². The molecular weight excluding hydrogens is 288 g/mol. The molecule has 110 valence electrons. The van der Waals surface area contributed by atoms with Crippen LogP contribution in [0.3, 0.4) is 0 Å². The topological polar surface area (TPSA) is 124 Å². The molecule has 10 heteroatoms. The molecule has 9 nitrogen and oxygen atoms in total. The van der Waals surface area contributed by atoms with Gasteiger partial charge >= 0.3 is 11.4 Å². The zero-order valence-electron chi connectivity index (χ0n) is 10.6. The van der Waals surface area contributed by atoms with Crippen LogP contribution in [0.15, 0.2) is 17.2 Å². The zero-order chi connectivity index (χ0) is 14.8. The minimum Gasteiger partial charge on any atom is -0.311 e. The number of rotatable bonds is 5. The molecular formula is C10H14N4O5S. The van der Waals surface area contributed by atoms with E-state index in [1.54, 1.807) is 0 Å². The maximum atomic E-state index is 11.4. The molecule has 1 saturated heterocycles. The molecule has 1 unspecified atom stereocenters. The van der Waals surface area contributed by atoms with Gasteiger partial charge in [-0.2, -0.15) is 4.98 Å². The van der Waals surface area contributed by atoms with Crippen molar-refractivity contribution in [3.05, 3.63) is 33.0 Å². The number of nitrogens with one attached hydrogen (secondary N) is 1. The lowest BCUT2D eigenvalue weighted by atomic mass is 10.2. The van der Waals surface area contributed by atoms with Gasteiger partial charge in [0.05, 0.1) is 22.6 Å². The number of aromatic nitrogens is 2. The van der Waals surface area contributed by atoms with Crippen molar-refractivity contribution in [2.45, 2.75) is 19.0 Å². The van der Waals surface area contributed by atoms with Crippen LogP contribution in [-0.4, -0.2) is 47.0 Å². The van der Waals surface area contributed by atoms with Gasteiger partial charge in [-0.1, -0.05) is 0 Å². The number of nitro groups is 1. The Morgan fingerprint density at radius 2 is 2.30 bits per heavy atom. The smallest absolute Gasteiger partial charge is 0.311 e. The van der Waals surface area contributed by atoms with Crippen molar-refractivity contribution >= 4 is 15.5 Å². The van der Waals surface area contributed by atoms with Crippen molar-refractivity contribution in [2.75, 3.05) is 18.1 Å². The summed E-state index contributed by atoms with van der Waals surface area (Å²) in [4.78, 5) is 24.8. The zero-order valence-corrected chi connectivity index (χ0v) is 11.4. The predicted molar refractivity (Wildman–Crippen MR) is 70.2 cm³/mol. The van der Waals surface area contributed by atoms with Crippen molar-refractivity contribution in [2.24, 2.45) is 0 Å². The lowest BCUT2D eigenvalue weighted by molar-refractivity contribution is -0.385. The van der Waals surface area contributed by atoms with Gasteiger partial charge in [0.25, 0.3) is 0 Å². The summed E-state index contributed by atoms with van der Waals surface area (Å²) in [5.41, 5.74) is -0.829. The molecule has 2 heterocycles. The highest BCUT2D eigenvalue weighted by Gasteiger charge is 2.27. The normalized spacial score (nSPS) is 20.9. The van der Waals surface area contributed by atoms with E-state index in [4.69, 9.17) is 0 Å². The maximum absolute atomic E-state index is 11.4. The van der Waals surface area contributed by atoms with E-state index in [1.807, 2.05) is 0 Å². The van der Waals surface area contributed by atoms with Crippen LogP contribution in [0.5, 0.6) is 0 Å². The summed E-state index contributed by atoms with van der Waals surface area (Å²) in [6.45, 7) is 0.549. The average Bonchev–Trinajstić information content (AvgIpc) is 2.71. The fourth-order valence-corrected chi connectivity index (χ4v) is 3.75. The van der Waals surface area contributed by atoms with Gasteiger partial charge in [0, 0.05) is 19.1 Å². The Morgan fingerprint density at radius 1 is 1.55 bits per heavy atom. The Labute approximate surface area is 114 Å². The van der Waals surface area contributed by atoms with Crippen LogP contribution in [0, 0.1) is 10.1 Å². The summed E-state index contributed by atoms with van der Waals surface area (Å²) in [6.07, 6.45) is 2.59. The van der Waals surface area contributed by atoms with Crippen LogP contribution in [0.2, 0.25) is 0 Å². The van der Waals surface area contributed by atoms with Crippen LogP contribution in [0.1, 0.15) is 6.42 Å². The molecule has 0 aromatic carbocycles. The van der Waals surface area contributed by atoms with E-state index in [0.717, 1.165) is 17.0 Å². The van der Waals surface area contributed by atoms with Gasteiger partial charge in [-0.25, -0.2) is 13.2 Å². The molecule has 0 saturated carbocycles. The quantitative estimate of drug-likeness (QED) is 0.542. The number of hydrogen-bond acceptors (Lipinski definition) is 7. The van der Waals surface area contributed by atoms with Crippen LogP contribution in [-0.2, 0) is 16.4 Å². The highest BCUT2D eigenvalue weighted by Crippen LogP contribution is 2.11. The standard InChI is InChI=1S/C10H14N4O5S/c15-10-12-5-9(14(16)17)6-13(10)3-2-11-8-1-4-20(18,19)7-8/h5-6,8,11H,1-4,7H2. The third-order valence-electron chi connectivity index (χ3n) is 3.07. The summed E-state index contributed by atoms with van der Waals surface area (Å²) in [7, 11) is -2.95. The highest BCUT2D eigenvalue weighted by atomic mass is 32.2. The lowest BCUT2D eigenvalue weighted by Gasteiger charge is -2.11.